The maximum Gasteiger partial charge on any atom is 0.128 e. The van der Waals surface area contributed by atoms with Crippen molar-refractivity contribution in [1.29, 1.82) is 0 Å². The van der Waals surface area contributed by atoms with Gasteiger partial charge in [0.05, 0.1) is 11.4 Å². The maximum atomic E-state index is 11.3. The van der Waals surface area contributed by atoms with Gasteiger partial charge in [-0.2, -0.15) is 0 Å². The molecule has 0 aliphatic heterocycles. The van der Waals surface area contributed by atoms with Gasteiger partial charge in [-0.1, -0.05) is 83.6 Å². The van der Waals surface area contributed by atoms with Crippen LogP contribution in [0.15, 0.2) is 88.9 Å². The molecule has 4 aromatic rings. The largest absolute Gasteiger partial charge is 0.507 e. The van der Waals surface area contributed by atoms with E-state index in [9.17, 15) is 5.11 Å². The van der Waals surface area contributed by atoms with Crippen molar-refractivity contribution in [3.8, 4) is 28.3 Å². The van der Waals surface area contributed by atoms with Crippen molar-refractivity contribution in [2.24, 2.45) is 0 Å². The SMILES string of the molecule is CC(C)(C)c1cc(-c2cccc(-c3cccc(Sc4ccccn4)c3)n2)c(O)c(C(C)(C)C)c1. The third-order valence-electron chi connectivity index (χ3n) is 5.80. The molecule has 3 nitrogen and oxygen atoms in total. The lowest BCUT2D eigenvalue weighted by Gasteiger charge is -2.27. The Labute approximate surface area is 207 Å². The summed E-state index contributed by atoms with van der Waals surface area (Å²) in [6.45, 7) is 13.0. The van der Waals surface area contributed by atoms with E-state index in [0.717, 1.165) is 38.0 Å². The normalized spacial score (nSPS) is 12.1. The average Bonchev–Trinajstić information content (AvgIpc) is 2.78. The fourth-order valence-electron chi connectivity index (χ4n) is 3.83. The Kier molecular flexibility index (Phi) is 6.55. The van der Waals surface area contributed by atoms with Crippen molar-refractivity contribution < 1.29 is 5.11 Å². The third-order valence-corrected chi connectivity index (χ3v) is 6.74. The number of aromatic hydroxyl groups is 1. The van der Waals surface area contributed by atoms with E-state index in [1.54, 1.807) is 18.0 Å². The van der Waals surface area contributed by atoms with Crippen LogP contribution in [-0.2, 0) is 10.8 Å². The molecule has 0 bridgehead atoms. The zero-order valence-electron chi connectivity index (χ0n) is 20.8. The summed E-state index contributed by atoms with van der Waals surface area (Å²) in [7, 11) is 0. The van der Waals surface area contributed by atoms with Gasteiger partial charge in [0.25, 0.3) is 0 Å². The fourth-order valence-corrected chi connectivity index (χ4v) is 4.66. The Morgan fingerprint density at radius 1 is 0.735 bits per heavy atom. The number of pyridine rings is 2. The first-order chi connectivity index (χ1) is 16.0. The molecule has 2 aromatic carbocycles. The Morgan fingerprint density at radius 3 is 2.15 bits per heavy atom. The summed E-state index contributed by atoms with van der Waals surface area (Å²) in [6.07, 6.45) is 1.81. The lowest BCUT2D eigenvalue weighted by Crippen LogP contribution is -2.17. The van der Waals surface area contributed by atoms with Crippen molar-refractivity contribution in [2.45, 2.75) is 62.3 Å². The van der Waals surface area contributed by atoms with E-state index < -0.39 is 0 Å². The van der Waals surface area contributed by atoms with Gasteiger partial charge in [0, 0.05) is 27.8 Å². The average molecular weight is 469 g/mol. The summed E-state index contributed by atoms with van der Waals surface area (Å²) in [4.78, 5) is 10.5. The zero-order chi connectivity index (χ0) is 24.5. The Morgan fingerprint density at radius 2 is 1.47 bits per heavy atom. The molecular weight excluding hydrogens is 436 g/mol. The highest BCUT2D eigenvalue weighted by Crippen LogP contribution is 2.42. The van der Waals surface area contributed by atoms with Crippen molar-refractivity contribution in [2.75, 3.05) is 0 Å². The van der Waals surface area contributed by atoms with Crippen LogP contribution in [0.5, 0.6) is 5.75 Å². The topological polar surface area (TPSA) is 46.0 Å². The second kappa shape index (κ2) is 9.27. The van der Waals surface area contributed by atoms with Crippen LogP contribution in [0, 0.1) is 0 Å². The molecule has 2 aromatic heterocycles. The molecule has 0 fully saturated rings. The van der Waals surface area contributed by atoms with Gasteiger partial charge >= 0.3 is 0 Å². The Hall–Kier alpha value is -3.11. The molecule has 0 aliphatic rings. The molecule has 0 spiro atoms. The Balaban J connectivity index is 1.77. The molecule has 174 valence electrons. The van der Waals surface area contributed by atoms with Gasteiger partial charge in [-0.3, -0.25) is 0 Å². The second-order valence-electron chi connectivity index (χ2n) is 10.6. The summed E-state index contributed by atoms with van der Waals surface area (Å²) < 4.78 is 0. The van der Waals surface area contributed by atoms with Crippen LogP contribution in [0.3, 0.4) is 0 Å². The maximum absolute atomic E-state index is 11.3. The van der Waals surface area contributed by atoms with Crippen molar-refractivity contribution >= 4 is 11.8 Å². The first-order valence-corrected chi connectivity index (χ1v) is 12.4. The summed E-state index contributed by atoms with van der Waals surface area (Å²) in [5.74, 6) is 0.310. The molecule has 0 unspecified atom stereocenters. The first-order valence-electron chi connectivity index (χ1n) is 11.6. The summed E-state index contributed by atoms with van der Waals surface area (Å²) in [5, 5.41) is 12.2. The Bertz CT molecular complexity index is 1300. The van der Waals surface area contributed by atoms with E-state index in [2.05, 4.69) is 76.9 Å². The van der Waals surface area contributed by atoms with E-state index in [1.165, 1.54) is 5.56 Å². The van der Waals surface area contributed by atoms with Gasteiger partial charge in [-0.05, 0) is 58.9 Å². The van der Waals surface area contributed by atoms with Crippen molar-refractivity contribution in [1.82, 2.24) is 9.97 Å². The molecule has 0 amide bonds. The van der Waals surface area contributed by atoms with E-state index in [4.69, 9.17) is 4.98 Å². The number of aromatic nitrogens is 2. The van der Waals surface area contributed by atoms with Crippen LogP contribution >= 0.6 is 11.8 Å². The van der Waals surface area contributed by atoms with Crippen molar-refractivity contribution in [3.05, 3.63) is 90.1 Å². The minimum Gasteiger partial charge on any atom is -0.507 e. The summed E-state index contributed by atoms with van der Waals surface area (Å²) >= 11 is 1.63. The third kappa shape index (κ3) is 5.34. The smallest absolute Gasteiger partial charge is 0.128 e. The molecule has 4 rings (SSSR count). The summed E-state index contributed by atoms with van der Waals surface area (Å²) in [5.41, 5.74) is 5.35. The molecule has 4 heteroatoms. The highest BCUT2D eigenvalue weighted by molar-refractivity contribution is 7.99. The standard InChI is InChI=1S/C30H32N2OS/c1-29(2,3)21-18-23(28(33)24(19-21)30(4,5)6)26-14-10-13-25(32-26)20-11-9-12-22(17-20)34-27-15-7-8-16-31-27/h7-19,33H,1-6H3. The number of phenolic OH excluding ortho intramolecular Hbond substituents is 1. The lowest BCUT2D eigenvalue weighted by atomic mass is 9.78. The number of hydrogen-bond acceptors (Lipinski definition) is 4. The molecule has 0 saturated carbocycles. The van der Waals surface area contributed by atoms with E-state index >= 15 is 0 Å². The molecule has 2 heterocycles. The molecule has 0 atom stereocenters. The van der Waals surface area contributed by atoms with Gasteiger partial charge < -0.3 is 5.11 Å². The predicted molar refractivity (Wildman–Crippen MR) is 143 cm³/mol. The van der Waals surface area contributed by atoms with E-state index in [-0.39, 0.29) is 10.8 Å². The summed E-state index contributed by atoms with van der Waals surface area (Å²) in [6, 6.07) is 24.5. The van der Waals surface area contributed by atoms with Gasteiger partial charge in [0.2, 0.25) is 0 Å². The molecule has 0 aliphatic carbocycles. The van der Waals surface area contributed by atoms with Crippen LogP contribution in [0.1, 0.15) is 52.7 Å². The minimum atomic E-state index is -0.186. The molecule has 0 radical (unpaired) electrons. The highest BCUT2D eigenvalue weighted by Gasteiger charge is 2.26. The van der Waals surface area contributed by atoms with Gasteiger partial charge in [0.15, 0.2) is 0 Å². The lowest BCUT2D eigenvalue weighted by molar-refractivity contribution is 0.446. The predicted octanol–water partition coefficient (Wildman–Crippen LogP) is 8.26. The second-order valence-corrected chi connectivity index (χ2v) is 11.7. The van der Waals surface area contributed by atoms with E-state index in [1.807, 2.05) is 42.5 Å². The van der Waals surface area contributed by atoms with Crippen LogP contribution < -0.4 is 0 Å². The molecular formula is C30H32N2OS. The van der Waals surface area contributed by atoms with Crippen LogP contribution in [0.2, 0.25) is 0 Å². The quantitative estimate of drug-likeness (QED) is 0.327. The number of rotatable bonds is 4. The number of nitrogens with zero attached hydrogens (tertiary/aromatic N) is 2. The van der Waals surface area contributed by atoms with Gasteiger partial charge in [-0.15, -0.1) is 0 Å². The van der Waals surface area contributed by atoms with Crippen LogP contribution in [0.4, 0.5) is 0 Å². The van der Waals surface area contributed by atoms with Gasteiger partial charge in [0.1, 0.15) is 10.8 Å². The van der Waals surface area contributed by atoms with Crippen LogP contribution in [0.25, 0.3) is 22.5 Å². The molecule has 0 saturated heterocycles. The first kappa shape index (κ1) is 24.0. The van der Waals surface area contributed by atoms with Gasteiger partial charge in [-0.25, -0.2) is 9.97 Å². The number of benzene rings is 2. The van der Waals surface area contributed by atoms with Crippen LogP contribution in [-0.4, -0.2) is 15.1 Å². The fraction of sp³-hybridized carbons (Fsp3) is 0.267. The number of hydrogen-bond donors (Lipinski definition) is 1. The molecule has 34 heavy (non-hydrogen) atoms. The highest BCUT2D eigenvalue weighted by atomic mass is 32.2. The monoisotopic (exact) mass is 468 g/mol. The minimum absolute atomic E-state index is 0.0446. The number of phenols is 1. The zero-order valence-corrected chi connectivity index (χ0v) is 21.6. The molecule has 1 N–H and O–H groups in total. The van der Waals surface area contributed by atoms with Crippen molar-refractivity contribution in [3.63, 3.8) is 0 Å². The van der Waals surface area contributed by atoms with E-state index in [0.29, 0.717) is 5.75 Å².